The van der Waals surface area contributed by atoms with E-state index in [-0.39, 0.29) is 20.9 Å². The predicted octanol–water partition coefficient (Wildman–Crippen LogP) is 3.39. The van der Waals surface area contributed by atoms with E-state index in [4.69, 9.17) is 4.74 Å². The molecule has 0 unspecified atom stereocenters. The van der Waals surface area contributed by atoms with Crippen LogP contribution in [0.3, 0.4) is 0 Å². The van der Waals surface area contributed by atoms with Gasteiger partial charge in [-0.05, 0) is 0 Å². The Bertz CT molecular complexity index is 471. The third-order valence-corrected chi connectivity index (χ3v) is 5.38. The van der Waals surface area contributed by atoms with Crippen molar-refractivity contribution < 1.29 is 14.3 Å². The molecule has 23 heavy (non-hydrogen) atoms. The molecular formula is C19H26O3Se. The van der Waals surface area contributed by atoms with E-state index in [1.54, 1.807) is 0 Å². The molecule has 126 valence electrons. The molecule has 0 saturated heterocycles. The molecule has 0 saturated carbocycles. The van der Waals surface area contributed by atoms with Crippen molar-refractivity contribution >= 4 is 30.1 Å². The normalized spacial score (nSPS) is 10.3. The van der Waals surface area contributed by atoms with E-state index >= 15 is 0 Å². The molecule has 0 bridgehead atoms. The topological polar surface area (TPSA) is 43.4 Å². The summed E-state index contributed by atoms with van der Waals surface area (Å²) in [5, 5.41) is 0. The number of hydrogen-bond acceptors (Lipinski definition) is 3. The average molecular weight is 381 g/mol. The van der Waals surface area contributed by atoms with Crippen LogP contribution >= 0.6 is 0 Å². The van der Waals surface area contributed by atoms with Crippen LogP contribution in [-0.2, 0) is 14.3 Å². The fraction of sp³-hybridized carbons (Fsp3) is 0.474. The summed E-state index contributed by atoms with van der Waals surface area (Å²) in [6.07, 6.45) is 9.57. The molecule has 1 rings (SSSR count). The summed E-state index contributed by atoms with van der Waals surface area (Å²) in [5.41, 5.74) is 0. The van der Waals surface area contributed by atoms with Gasteiger partial charge in [-0.1, -0.05) is 6.58 Å². The van der Waals surface area contributed by atoms with Crippen LogP contribution in [-0.4, -0.2) is 32.2 Å². The number of rotatable bonds is 13. The minimum atomic E-state index is -0.341. The molecule has 1 aromatic rings. The van der Waals surface area contributed by atoms with E-state index in [0.717, 1.165) is 32.1 Å². The first-order chi connectivity index (χ1) is 11.2. The van der Waals surface area contributed by atoms with Crippen LogP contribution in [0.25, 0.3) is 0 Å². The molecule has 0 atom stereocenters. The van der Waals surface area contributed by atoms with Crippen LogP contribution in [0.4, 0.5) is 0 Å². The maximum atomic E-state index is 11.9. The number of ether oxygens (including phenoxy) is 1. The maximum absolute atomic E-state index is 11.9. The predicted molar refractivity (Wildman–Crippen MR) is 94.9 cm³/mol. The number of esters is 1. The summed E-state index contributed by atoms with van der Waals surface area (Å²) in [4.78, 5) is 22.7. The summed E-state index contributed by atoms with van der Waals surface area (Å²) in [6.45, 7) is 3.84. The standard InChI is InChI=1S/C19H26O3Se/c1-2-18(20)22-16-12-7-5-3-4-6-11-15-19(21)23-17-13-9-8-10-14-17/h2,8-10,13-14H,1,3-7,11-12,15-16H2. The average Bonchev–Trinajstić information content (AvgIpc) is 2.57. The molecular weight excluding hydrogens is 355 g/mol. The van der Waals surface area contributed by atoms with Gasteiger partial charge in [0.05, 0.1) is 0 Å². The van der Waals surface area contributed by atoms with Gasteiger partial charge in [-0.2, -0.15) is 0 Å². The van der Waals surface area contributed by atoms with E-state index < -0.39 is 0 Å². The summed E-state index contributed by atoms with van der Waals surface area (Å²) in [7, 11) is 0. The van der Waals surface area contributed by atoms with Gasteiger partial charge in [-0.3, -0.25) is 0 Å². The van der Waals surface area contributed by atoms with Crippen molar-refractivity contribution in [3.63, 3.8) is 0 Å². The quantitative estimate of drug-likeness (QED) is 0.228. The van der Waals surface area contributed by atoms with E-state index in [1.807, 2.05) is 30.3 Å². The summed E-state index contributed by atoms with van der Waals surface area (Å²) >= 11 is -0.0237. The molecule has 1 aromatic carbocycles. The molecule has 0 amide bonds. The van der Waals surface area contributed by atoms with Gasteiger partial charge >= 0.3 is 128 Å². The van der Waals surface area contributed by atoms with Crippen LogP contribution in [0.15, 0.2) is 43.0 Å². The van der Waals surface area contributed by atoms with Gasteiger partial charge in [0.2, 0.25) is 0 Å². The Morgan fingerprint density at radius 1 is 0.957 bits per heavy atom. The third-order valence-electron chi connectivity index (χ3n) is 3.41. The third kappa shape index (κ3) is 10.9. The van der Waals surface area contributed by atoms with Crippen molar-refractivity contribution in [1.82, 2.24) is 0 Å². The zero-order valence-electron chi connectivity index (χ0n) is 13.7. The zero-order valence-corrected chi connectivity index (χ0v) is 15.4. The van der Waals surface area contributed by atoms with Crippen LogP contribution in [0, 0.1) is 0 Å². The molecule has 0 N–H and O–H groups in total. The molecule has 0 aliphatic heterocycles. The molecule has 0 aliphatic carbocycles. The first-order valence-electron chi connectivity index (χ1n) is 8.27. The number of benzene rings is 1. The van der Waals surface area contributed by atoms with Gasteiger partial charge in [0, 0.05) is 6.08 Å². The Kier molecular flexibility index (Phi) is 11.2. The minimum absolute atomic E-state index is 0.0237. The second kappa shape index (κ2) is 13.1. The Hall–Kier alpha value is -1.38. The molecule has 0 fully saturated rings. The fourth-order valence-corrected chi connectivity index (χ4v) is 3.84. The van der Waals surface area contributed by atoms with Crippen molar-refractivity contribution in [3.05, 3.63) is 43.0 Å². The molecule has 0 radical (unpaired) electrons. The summed E-state index contributed by atoms with van der Waals surface area (Å²) < 4.78 is 6.48. The number of hydrogen-bond donors (Lipinski definition) is 0. The van der Waals surface area contributed by atoms with Crippen LogP contribution in [0.1, 0.15) is 51.4 Å². The van der Waals surface area contributed by atoms with E-state index in [0.29, 0.717) is 17.7 Å². The summed E-state index contributed by atoms with van der Waals surface area (Å²) in [5.74, 6) is -0.341. The first kappa shape index (κ1) is 19.7. The SMILES string of the molecule is C=CC(=O)OCCCCCCCCCC(=O)[Se]c1ccccc1. The van der Waals surface area contributed by atoms with Gasteiger partial charge in [0.1, 0.15) is 0 Å². The Labute approximate surface area is 145 Å². The van der Waals surface area contributed by atoms with Crippen molar-refractivity contribution in [2.75, 3.05) is 6.61 Å². The number of carbonyl (C=O) groups excluding carboxylic acids is 2. The van der Waals surface area contributed by atoms with Gasteiger partial charge in [0.25, 0.3) is 0 Å². The first-order valence-corrected chi connectivity index (χ1v) is 9.98. The van der Waals surface area contributed by atoms with Gasteiger partial charge in [-0.15, -0.1) is 0 Å². The van der Waals surface area contributed by atoms with Gasteiger partial charge < -0.3 is 0 Å². The molecule has 0 heterocycles. The Morgan fingerprint density at radius 3 is 2.22 bits per heavy atom. The van der Waals surface area contributed by atoms with Crippen molar-refractivity contribution in [2.24, 2.45) is 0 Å². The summed E-state index contributed by atoms with van der Waals surface area (Å²) in [6, 6.07) is 10.0. The molecule has 0 spiro atoms. The number of carbonyl (C=O) groups is 2. The Morgan fingerprint density at radius 2 is 1.57 bits per heavy atom. The van der Waals surface area contributed by atoms with Crippen LogP contribution in [0.5, 0.6) is 0 Å². The van der Waals surface area contributed by atoms with Gasteiger partial charge in [-0.25, -0.2) is 4.79 Å². The van der Waals surface area contributed by atoms with Gasteiger partial charge in [0.15, 0.2) is 0 Å². The molecule has 0 aliphatic rings. The van der Waals surface area contributed by atoms with Crippen LogP contribution in [0.2, 0.25) is 0 Å². The monoisotopic (exact) mass is 382 g/mol. The number of unbranched alkanes of at least 4 members (excludes halogenated alkanes) is 6. The fourth-order valence-electron chi connectivity index (χ4n) is 2.16. The van der Waals surface area contributed by atoms with E-state index in [1.165, 1.54) is 23.4 Å². The van der Waals surface area contributed by atoms with Crippen molar-refractivity contribution in [3.8, 4) is 0 Å². The molecule has 0 aromatic heterocycles. The van der Waals surface area contributed by atoms with Crippen LogP contribution < -0.4 is 4.46 Å². The Balaban J connectivity index is 1.88. The van der Waals surface area contributed by atoms with E-state index in [2.05, 4.69) is 6.58 Å². The van der Waals surface area contributed by atoms with E-state index in [9.17, 15) is 9.59 Å². The second-order valence-corrected chi connectivity index (χ2v) is 7.76. The second-order valence-electron chi connectivity index (χ2n) is 5.38. The molecule has 4 heteroatoms. The zero-order chi connectivity index (χ0) is 16.8. The van der Waals surface area contributed by atoms with Crippen molar-refractivity contribution in [2.45, 2.75) is 51.4 Å². The molecule has 3 nitrogen and oxygen atoms in total. The van der Waals surface area contributed by atoms with Crippen molar-refractivity contribution in [1.29, 1.82) is 0 Å².